The minimum absolute atomic E-state index is 0.245. The van der Waals surface area contributed by atoms with E-state index in [2.05, 4.69) is 19.9 Å². The second kappa shape index (κ2) is 7.12. The van der Waals surface area contributed by atoms with Crippen LogP contribution in [-0.2, 0) is 10.3 Å². The van der Waals surface area contributed by atoms with Gasteiger partial charge in [0, 0.05) is 29.4 Å². The topological polar surface area (TPSA) is 103 Å². The molecule has 8 nitrogen and oxygen atoms in total. The van der Waals surface area contributed by atoms with E-state index in [0.29, 0.717) is 11.4 Å². The third-order valence-corrected chi connectivity index (χ3v) is 6.60. The van der Waals surface area contributed by atoms with E-state index >= 15 is 0 Å². The van der Waals surface area contributed by atoms with Gasteiger partial charge in [-0.1, -0.05) is 0 Å². The predicted molar refractivity (Wildman–Crippen MR) is 116 cm³/mol. The Morgan fingerprint density at radius 3 is 2.69 bits per heavy atom. The molecule has 1 saturated carbocycles. The highest BCUT2D eigenvalue weighted by molar-refractivity contribution is 5.94. The molecule has 0 saturated heterocycles. The third kappa shape index (κ3) is 2.94. The molecule has 6 rings (SSSR count). The minimum Gasteiger partial charge on any atom is -0.497 e. The van der Waals surface area contributed by atoms with Crippen LogP contribution in [0.2, 0.25) is 0 Å². The number of nitrogens with one attached hydrogen (secondary N) is 1. The number of methoxy groups -OCH3 is 1. The van der Waals surface area contributed by atoms with E-state index in [0.717, 1.165) is 59.5 Å². The average Bonchev–Trinajstić information content (AvgIpc) is 3.39. The maximum Gasteiger partial charge on any atom is 0.339 e. The number of rotatable bonds is 3. The number of H-pyrrole nitrogens is 1. The summed E-state index contributed by atoms with van der Waals surface area (Å²) < 4.78 is 11.1. The van der Waals surface area contributed by atoms with Gasteiger partial charge in [-0.3, -0.25) is 4.98 Å². The van der Waals surface area contributed by atoms with Crippen LogP contribution in [0.25, 0.3) is 22.6 Å². The van der Waals surface area contributed by atoms with Gasteiger partial charge in [-0.15, -0.1) is 0 Å². The summed E-state index contributed by atoms with van der Waals surface area (Å²) in [5.41, 5.74) is 3.40. The predicted octanol–water partition coefficient (Wildman–Crippen LogP) is 4.15. The van der Waals surface area contributed by atoms with Crippen molar-refractivity contribution in [3.8, 4) is 17.1 Å². The van der Waals surface area contributed by atoms with E-state index in [-0.39, 0.29) is 11.9 Å². The number of esters is 1. The first-order chi connectivity index (χ1) is 15.6. The van der Waals surface area contributed by atoms with Crippen LogP contribution in [0.15, 0.2) is 48.9 Å². The molecule has 1 spiro atoms. The zero-order valence-corrected chi connectivity index (χ0v) is 17.5. The number of aromatic amines is 1. The number of pyridine rings is 1. The summed E-state index contributed by atoms with van der Waals surface area (Å²) in [6.45, 7) is 0. The lowest BCUT2D eigenvalue weighted by Gasteiger charge is -2.35. The van der Waals surface area contributed by atoms with Gasteiger partial charge in [-0.2, -0.15) is 0 Å². The summed E-state index contributed by atoms with van der Waals surface area (Å²) in [4.78, 5) is 33.8. The van der Waals surface area contributed by atoms with E-state index in [9.17, 15) is 4.79 Å². The number of hydrogen-bond acceptors (Lipinski definition) is 7. The second-order valence-corrected chi connectivity index (χ2v) is 8.36. The lowest BCUT2D eigenvalue weighted by Crippen LogP contribution is -2.31. The smallest absolute Gasteiger partial charge is 0.339 e. The highest BCUT2D eigenvalue weighted by Crippen LogP contribution is 2.49. The summed E-state index contributed by atoms with van der Waals surface area (Å²) >= 11 is 0. The van der Waals surface area contributed by atoms with Crippen molar-refractivity contribution < 1.29 is 14.3 Å². The summed E-state index contributed by atoms with van der Waals surface area (Å²) in [5, 5.41) is 0. The average molecular weight is 427 g/mol. The van der Waals surface area contributed by atoms with Gasteiger partial charge in [0.2, 0.25) is 0 Å². The Morgan fingerprint density at radius 1 is 1.09 bits per heavy atom. The molecule has 1 aliphatic heterocycles. The fraction of sp³-hybridized carbons (Fsp3) is 0.292. The molecule has 4 heterocycles. The molecule has 4 aromatic rings. The Kier molecular flexibility index (Phi) is 4.21. The van der Waals surface area contributed by atoms with Crippen LogP contribution in [0.4, 0.5) is 0 Å². The monoisotopic (exact) mass is 427 g/mol. The van der Waals surface area contributed by atoms with E-state index in [4.69, 9.17) is 14.5 Å². The van der Waals surface area contributed by atoms with Crippen LogP contribution in [0, 0.1) is 0 Å². The first-order valence-corrected chi connectivity index (χ1v) is 10.7. The number of fused-ring (bicyclic) bond motifs is 3. The van der Waals surface area contributed by atoms with E-state index < -0.39 is 5.60 Å². The lowest BCUT2D eigenvalue weighted by molar-refractivity contribution is -0.0313. The first-order valence-electron chi connectivity index (χ1n) is 10.7. The molecule has 2 aliphatic rings. The van der Waals surface area contributed by atoms with E-state index in [1.165, 1.54) is 0 Å². The molecular formula is C24H21N5O3. The fourth-order valence-corrected chi connectivity index (χ4v) is 4.85. The molecule has 0 unspecified atom stereocenters. The maximum atomic E-state index is 12.3. The van der Waals surface area contributed by atoms with Crippen molar-refractivity contribution in [2.75, 3.05) is 7.11 Å². The van der Waals surface area contributed by atoms with Gasteiger partial charge >= 0.3 is 5.97 Å². The van der Waals surface area contributed by atoms with Crippen molar-refractivity contribution in [3.63, 3.8) is 0 Å². The number of ether oxygens (including phenoxy) is 2. The Hall–Kier alpha value is -3.81. The van der Waals surface area contributed by atoms with Gasteiger partial charge < -0.3 is 14.5 Å². The first kappa shape index (κ1) is 18.9. The largest absolute Gasteiger partial charge is 0.497 e. The number of nitrogens with zero attached hydrogens (tertiary/aromatic N) is 4. The highest BCUT2D eigenvalue weighted by Gasteiger charge is 2.48. The number of imidazole rings is 1. The van der Waals surface area contributed by atoms with E-state index in [1.807, 2.05) is 24.3 Å². The molecule has 0 radical (unpaired) electrons. The van der Waals surface area contributed by atoms with E-state index in [1.54, 1.807) is 31.8 Å². The van der Waals surface area contributed by atoms with Crippen LogP contribution in [0.3, 0.4) is 0 Å². The molecule has 32 heavy (non-hydrogen) atoms. The standard InChI is InChI=1S/C24H21N5O3/c1-31-16-4-2-14(3-5-16)20-26-13-19-22(28-20)29-21(27-19)15-6-9-24(10-7-15)18-12-25-11-8-17(18)23(30)32-24/h2-5,8,11-13,15H,6-7,9-10H2,1H3,(H,26,27,28,29). The summed E-state index contributed by atoms with van der Waals surface area (Å²) in [6.07, 6.45) is 8.40. The Labute approximate surface area is 184 Å². The Balaban J connectivity index is 1.24. The van der Waals surface area contributed by atoms with Gasteiger partial charge in [0.15, 0.2) is 11.5 Å². The number of aromatic nitrogens is 5. The zero-order chi connectivity index (χ0) is 21.7. The van der Waals surface area contributed by atoms with Crippen LogP contribution >= 0.6 is 0 Å². The molecular weight excluding hydrogens is 406 g/mol. The molecule has 1 aliphatic carbocycles. The molecule has 160 valence electrons. The SMILES string of the molecule is COc1ccc(-c2ncc3nc(C4CCC5(CC4)OC(=O)c4ccncc45)[nH]c3n2)cc1. The van der Waals surface area contributed by atoms with Gasteiger partial charge in [0.1, 0.15) is 22.7 Å². The Bertz CT molecular complexity index is 1320. The van der Waals surface area contributed by atoms with Crippen LogP contribution in [0.1, 0.15) is 53.3 Å². The van der Waals surface area contributed by atoms with Gasteiger partial charge in [-0.05, 0) is 56.0 Å². The molecule has 0 amide bonds. The quantitative estimate of drug-likeness (QED) is 0.490. The van der Waals surface area contributed by atoms with Crippen LogP contribution < -0.4 is 4.74 Å². The second-order valence-electron chi connectivity index (χ2n) is 8.36. The zero-order valence-electron chi connectivity index (χ0n) is 17.5. The molecule has 1 N–H and O–H groups in total. The molecule has 8 heteroatoms. The normalized spacial score (nSPS) is 22.2. The summed E-state index contributed by atoms with van der Waals surface area (Å²) in [6, 6.07) is 9.41. The van der Waals surface area contributed by atoms with Crippen molar-refractivity contribution in [2.24, 2.45) is 0 Å². The minimum atomic E-state index is -0.551. The molecule has 3 aromatic heterocycles. The number of hydrogen-bond donors (Lipinski definition) is 1. The number of carbonyl (C=O) groups is 1. The van der Waals surface area contributed by atoms with Gasteiger partial charge in [0.05, 0.1) is 18.9 Å². The lowest BCUT2D eigenvalue weighted by atomic mass is 9.75. The molecule has 1 aromatic carbocycles. The number of carbonyl (C=O) groups excluding carboxylic acids is 1. The third-order valence-electron chi connectivity index (χ3n) is 6.60. The maximum absolute atomic E-state index is 12.3. The van der Waals surface area contributed by atoms with Gasteiger partial charge in [0.25, 0.3) is 0 Å². The summed E-state index contributed by atoms with van der Waals surface area (Å²) in [5.74, 6) is 2.34. The van der Waals surface area contributed by atoms with Crippen molar-refractivity contribution >= 4 is 17.1 Å². The van der Waals surface area contributed by atoms with Crippen molar-refractivity contribution in [2.45, 2.75) is 37.2 Å². The number of benzene rings is 1. The van der Waals surface area contributed by atoms with Crippen LogP contribution in [0.5, 0.6) is 5.75 Å². The van der Waals surface area contributed by atoms with Gasteiger partial charge in [-0.25, -0.2) is 19.7 Å². The van der Waals surface area contributed by atoms with Crippen LogP contribution in [-0.4, -0.2) is 38.0 Å². The Morgan fingerprint density at radius 2 is 1.91 bits per heavy atom. The summed E-state index contributed by atoms with van der Waals surface area (Å²) in [7, 11) is 1.64. The van der Waals surface area contributed by atoms with Crippen molar-refractivity contribution in [1.29, 1.82) is 0 Å². The fourth-order valence-electron chi connectivity index (χ4n) is 4.85. The van der Waals surface area contributed by atoms with Crippen molar-refractivity contribution in [3.05, 3.63) is 65.9 Å². The molecule has 1 fully saturated rings. The molecule has 0 bridgehead atoms. The molecule has 0 atom stereocenters. The highest BCUT2D eigenvalue weighted by atomic mass is 16.6. The van der Waals surface area contributed by atoms with Crippen molar-refractivity contribution in [1.82, 2.24) is 24.9 Å².